The van der Waals surface area contributed by atoms with Gasteiger partial charge >= 0.3 is 0 Å². The Morgan fingerprint density at radius 1 is 1.36 bits per heavy atom. The summed E-state index contributed by atoms with van der Waals surface area (Å²) in [5, 5.41) is 9.82. The van der Waals surface area contributed by atoms with E-state index in [1.807, 2.05) is 13.8 Å². The molecule has 0 aliphatic carbocycles. The van der Waals surface area contributed by atoms with Gasteiger partial charge in [0, 0.05) is 7.11 Å². The molecule has 0 aromatic heterocycles. The van der Waals surface area contributed by atoms with Crippen LogP contribution in [0, 0.1) is 0 Å². The number of aliphatic hydroxyl groups excluding tert-OH is 1. The maximum Gasteiger partial charge on any atom is 0.185 e. The zero-order valence-electron chi connectivity index (χ0n) is 8.60. The first-order chi connectivity index (χ1) is 6.53. The van der Waals surface area contributed by atoms with Gasteiger partial charge in [-0.1, -0.05) is 0 Å². The first-order valence-corrected chi connectivity index (χ1v) is 4.71. The summed E-state index contributed by atoms with van der Waals surface area (Å²) >= 11 is 0. The van der Waals surface area contributed by atoms with Crippen molar-refractivity contribution in [3.8, 4) is 0 Å². The van der Waals surface area contributed by atoms with E-state index in [0.717, 1.165) is 0 Å². The van der Waals surface area contributed by atoms with Crippen LogP contribution in [0.3, 0.4) is 0 Å². The van der Waals surface area contributed by atoms with Crippen LogP contribution >= 0.6 is 0 Å². The summed E-state index contributed by atoms with van der Waals surface area (Å²) in [5.41, 5.74) is 0. The lowest BCUT2D eigenvalue weighted by atomic mass is 10.1. The molecular weight excluding hydrogens is 188 g/mol. The lowest BCUT2D eigenvalue weighted by molar-refractivity contribution is -0.241. The Morgan fingerprint density at radius 3 is 2.71 bits per heavy atom. The van der Waals surface area contributed by atoms with Gasteiger partial charge in [0.25, 0.3) is 0 Å². The van der Waals surface area contributed by atoms with Gasteiger partial charge in [0.2, 0.25) is 0 Å². The molecule has 0 unspecified atom stereocenters. The van der Waals surface area contributed by atoms with Gasteiger partial charge in [0.15, 0.2) is 12.1 Å². The predicted molar refractivity (Wildman–Crippen MR) is 46.6 cm³/mol. The molecule has 0 radical (unpaired) electrons. The van der Waals surface area contributed by atoms with Crippen LogP contribution < -0.4 is 0 Å². The molecule has 2 aliphatic heterocycles. The van der Waals surface area contributed by atoms with E-state index < -0.39 is 18.2 Å². The summed E-state index contributed by atoms with van der Waals surface area (Å²) in [7, 11) is 1.50. The first kappa shape index (κ1) is 10.3. The summed E-state index contributed by atoms with van der Waals surface area (Å²) in [6.45, 7) is 4.03. The minimum absolute atomic E-state index is 0.202. The topological polar surface area (TPSA) is 57.2 Å². The van der Waals surface area contributed by atoms with Crippen LogP contribution in [0.2, 0.25) is 0 Å². The van der Waals surface area contributed by atoms with E-state index in [1.165, 1.54) is 7.11 Å². The Hall–Kier alpha value is -0.200. The summed E-state index contributed by atoms with van der Waals surface area (Å²) in [6, 6.07) is 0. The van der Waals surface area contributed by atoms with Crippen LogP contribution in [0.25, 0.3) is 0 Å². The zero-order valence-corrected chi connectivity index (χ0v) is 8.60. The second kappa shape index (κ2) is 3.43. The summed E-state index contributed by atoms with van der Waals surface area (Å²) in [6.07, 6.45) is -1.97. The molecule has 5 heteroatoms. The maximum absolute atomic E-state index is 9.82. The van der Waals surface area contributed by atoms with E-state index in [9.17, 15) is 5.11 Å². The number of fused-ring (bicyclic) bond motifs is 1. The second-order valence-electron chi connectivity index (χ2n) is 4.07. The van der Waals surface area contributed by atoms with Gasteiger partial charge in [-0.15, -0.1) is 0 Å². The quantitative estimate of drug-likeness (QED) is 0.644. The molecule has 0 spiro atoms. The van der Waals surface area contributed by atoms with E-state index in [4.69, 9.17) is 18.9 Å². The number of ether oxygens (including phenoxy) is 4. The zero-order chi connectivity index (χ0) is 10.3. The van der Waals surface area contributed by atoms with Crippen molar-refractivity contribution < 1.29 is 24.1 Å². The lowest BCUT2D eigenvalue weighted by Crippen LogP contribution is -2.52. The van der Waals surface area contributed by atoms with Crippen LogP contribution in [0.1, 0.15) is 13.8 Å². The SMILES string of the molecule is CO[C@H]1OC[C@H]2OC(C)(C)O[C@H]2[C@@H]1O. The molecule has 2 fully saturated rings. The van der Waals surface area contributed by atoms with Gasteiger partial charge in [-0.05, 0) is 13.8 Å². The van der Waals surface area contributed by atoms with Crippen LogP contribution in [0.5, 0.6) is 0 Å². The highest BCUT2D eigenvalue weighted by atomic mass is 16.8. The monoisotopic (exact) mass is 204 g/mol. The van der Waals surface area contributed by atoms with Gasteiger partial charge in [-0.3, -0.25) is 0 Å². The normalized spacial score (nSPS) is 46.3. The predicted octanol–water partition coefficient (Wildman–Crippen LogP) is -0.130. The molecule has 0 aromatic carbocycles. The molecule has 2 aliphatic rings. The molecule has 2 saturated heterocycles. The Labute approximate surface area is 82.9 Å². The fraction of sp³-hybridized carbons (Fsp3) is 1.00. The fourth-order valence-electron chi connectivity index (χ4n) is 1.93. The van der Waals surface area contributed by atoms with Gasteiger partial charge in [0.05, 0.1) is 6.61 Å². The lowest BCUT2D eigenvalue weighted by Gasteiger charge is -2.33. The summed E-state index contributed by atoms with van der Waals surface area (Å²) in [4.78, 5) is 0. The van der Waals surface area contributed by atoms with Crippen LogP contribution in [0.4, 0.5) is 0 Å². The van der Waals surface area contributed by atoms with E-state index in [-0.39, 0.29) is 12.2 Å². The number of aliphatic hydroxyl groups is 1. The van der Waals surface area contributed by atoms with Crippen molar-refractivity contribution in [2.24, 2.45) is 0 Å². The Bertz CT molecular complexity index is 217. The molecule has 2 heterocycles. The van der Waals surface area contributed by atoms with E-state index >= 15 is 0 Å². The van der Waals surface area contributed by atoms with Gasteiger partial charge in [0.1, 0.15) is 18.3 Å². The van der Waals surface area contributed by atoms with Crippen molar-refractivity contribution in [2.75, 3.05) is 13.7 Å². The second-order valence-corrected chi connectivity index (χ2v) is 4.07. The number of methoxy groups -OCH3 is 1. The molecule has 0 amide bonds. The molecular formula is C9H16O5. The van der Waals surface area contributed by atoms with E-state index in [0.29, 0.717) is 6.61 Å². The molecule has 1 N–H and O–H groups in total. The van der Waals surface area contributed by atoms with Crippen molar-refractivity contribution in [3.05, 3.63) is 0 Å². The van der Waals surface area contributed by atoms with Crippen molar-refractivity contribution in [1.82, 2.24) is 0 Å². The van der Waals surface area contributed by atoms with E-state index in [1.54, 1.807) is 0 Å². The molecule has 0 saturated carbocycles. The summed E-state index contributed by atoms with van der Waals surface area (Å²) < 4.78 is 21.4. The molecule has 82 valence electrons. The highest BCUT2D eigenvalue weighted by Gasteiger charge is 2.50. The molecule has 2 rings (SSSR count). The Kier molecular flexibility index (Phi) is 2.53. The Balaban J connectivity index is 2.08. The third kappa shape index (κ3) is 1.66. The molecule has 5 nitrogen and oxygen atoms in total. The smallest absolute Gasteiger partial charge is 0.185 e. The highest BCUT2D eigenvalue weighted by Crippen LogP contribution is 2.34. The standard InChI is InChI=1S/C9H16O5/c1-9(2)13-5-4-12-8(11-3)6(10)7(5)14-9/h5-8,10H,4H2,1-3H3/t5-,6+,7-,8+/m1/s1. The molecule has 0 aromatic rings. The maximum atomic E-state index is 9.82. The molecule has 4 atom stereocenters. The molecule has 0 bridgehead atoms. The third-order valence-electron chi connectivity index (χ3n) is 2.49. The number of hydrogen-bond donors (Lipinski definition) is 1. The van der Waals surface area contributed by atoms with Crippen LogP contribution in [-0.4, -0.2) is 49.2 Å². The summed E-state index contributed by atoms with van der Waals surface area (Å²) in [5.74, 6) is -0.650. The number of rotatable bonds is 1. The fourth-order valence-corrected chi connectivity index (χ4v) is 1.93. The van der Waals surface area contributed by atoms with Crippen molar-refractivity contribution >= 4 is 0 Å². The van der Waals surface area contributed by atoms with E-state index in [2.05, 4.69) is 0 Å². The third-order valence-corrected chi connectivity index (χ3v) is 2.49. The molecule has 14 heavy (non-hydrogen) atoms. The van der Waals surface area contributed by atoms with Crippen molar-refractivity contribution in [2.45, 2.75) is 44.2 Å². The largest absolute Gasteiger partial charge is 0.385 e. The first-order valence-electron chi connectivity index (χ1n) is 4.71. The van der Waals surface area contributed by atoms with Crippen molar-refractivity contribution in [1.29, 1.82) is 0 Å². The highest BCUT2D eigenvalue weighted by molar-refractivity contribution is 4.91. The van der Waals surface area contributed by atoms with Crippen LogP contribution in [0.15, 0.2) is 0 Å². The number of hydrogen-bond acceptors (Lipinski definition) is 5. The van der Waals surface area contributed by atoms with Gasteiger partial charge in [-0.2, -0.15) is 0 Å². The minimum atomic E-state index is -0.791. The van der Waals surface area contributed by atoms with Crippen molar-refractivity contribution in [3.63, 3.8) is 0 Å². The minimum Gasteiger partial charge on any atom is -0.385 e. The average molecular weight is 204 g/mol. The van der Waals surface area contributed by atoms with Crippen LogP contribution in [-0.2, 0) is 18.9 Å². The average Bonchev–Trinajstić information content (AvgIpc) is 2.42. The van der Waals surface area contributed by atoms with Gasteiger partial charge < -0.3 is 24.1 Å². The Morgan fingerprint density at radius 2 is 2.07 bits per heavy atom. The van der Waals surface area contributed by atoms with Gasteiger partial charge in [-0.25, -0.2) is 0 Å².